The van der Waals surface area contributed by atoms with E-state index in [0.717, 1.165) is 51.3 Å². The Morgan fingerprint density at radius 2 is 1.73 bits per heavy atom. The molecule has 0 bridgehead atoms. The van der Waals surface area contributed by atoms with Crippen molar-refractivity contribution in [2.75, 3.05) is 13.1 Å². The van der Waals surface area contributed by atoms with Gasteiger partial charge < -0.3 is 10.0 Å². The lowest BCUT2D eigenvalue weighted by atomic mass is 9.71. The minimum Gasteiger partial charge on any atom is -0.382 e. The van der Waals surface area contributed by atoms with Crippen molar-refractivity contribution in [2.24, 2.45) is 11.8 Å². The molecule has 0 radical (unpaired) electrons. The lowest BCUT2D eigenvalue weighted by Gasteiger charge is -2.37. The van der Waals surface area contributed by atoms with Crippen LogP contribution in [0.4, 0.5) is 17.6 Å². The van der Waals surface area contributed by atoms with Crippen LogP contribution in [0.1, 0.15) is 101 Å². The van der Waals surface area contributed by atoms with Crippen LogP contribution in [0.2, 0.25) is 0 Å². The molecule has 2 aliphatic rings. The van der Waals surface area contributed by atoms with E-state index in [1.165, 1.54) is 36.8 Å². The molecule has 2 aromatic rings. The van der Waals surface area contributed by atoms with E-state index < -0.39 is 17.3 Å². The Hall–Kier alpha value is -2.25. The van der Waals surface area contributed by atoms with E-state index in [-0.39, 0.29) is 35.4 Å². The molecule has 220 valence electrons. The van der Waals surface area contributed by atoms with Crippen molar-refractivity contribution in [3.63, 3.8) is 0 Å². The van der Waals surface area contributed by atoms with Gasteiger partial charge in [0.25, 0.3) is 0 Å². The number of piperidine rings is 1. The quantitative estimate of drug-likeness (QED) is 0.261. The van der Waals surface area contributed by atoms with Gasteiger partial charge in [-0.05, 0) is 118 Å². The largest absolute Gasteiger partial charge is 0.416 e. The Bertz CT molecular complexity index is 1130. The van der Waals surface area contributed by atoms with Crippen LogP contribution in [0.15, 0.2) is 48.5 Å². The van der Waals surface area contributed by atoms with E-state index in [4.69, 9.17) is 0 Å². The minimum absolute atomic E-state index is 0.0439. The number of likely N-dealkylation sites (tertiary alicyclic amines) is 1. The first kappa shape index (κ1) is 30.7. The molecule has 1 heterocycles. The molecule has 0 amide bonds. The Labute approximate surface area is 236 Å². The Balaban J connectivity index is 1.43. The summed E-state index contributed by atoms with van der Waals surface area (Å²) in [6.07, 6.45) is 1.70. The number of halogens is 4. The van der Waals surface area contributed by atoms with E-state index in [1.54, 1.807) is 6.07 Å². The van der Waals surface area contributed by atoms with Crippen LogP contribution >= 0.6 is 0 Å². The number of alkyl halides is 3. The summed E-state index contributed by atoms with van der Waals surface area (Å²) in [4.78, 5) is 15.3. The summed E-state index contributed by atoms with van der Waals surface area (Å²) in [6, 6.07) is 12.6. The molecule has 1 N–H and O–H groups in total. The Kier molecular flexibility index (Phi) is 9.77. The van der Waals surface area contributed by atoms with Crippen LogP contribution in [-0.2, 0) is 11.0 Å². The van der Waals surface area contributed by atoms with E-state index >= 15 is 0 Å². The van der Waals surface area contributed by atoms with Crippen molar-refractivity contribution >= 4 is 5.78 Å². The molecule has 40 heavy (non-hydrogen) atoms. The number of carbonyl (C=O) groups excluding carboxylic acids is 1. The fourth-order valence-electron chi connectivity index (χ4n) is 7.20. The molecule has 1 aliphatic carbocycles. The maximum Gasteiger partial charge on any atom is 0.416 e. The van der Waals surface area contributed by atoms with Gasteiger partial charge in [0.15, 0.2) is 5.78 Å². The molecule has 1 saturated heterocycles. The summed E-state index contributed by atoms with van der Waals surface area (Å²) in [7, 11) is 0. The number of ketones is 1. The van der Waals surface area contributed by atoms with E-state index in [1.807, 2.05) is 26.0 Å². The van der Waals surface area contributed by atoms with Crippen LogP contribution in [0, 0.1) is 17.7 Å². The first-order valence-electron chi connectivity index (χ1n) is 14.8. The lowest BCUT2D eigenvalue weighted by Crippen LogP contribution is -2.45. The van der Waals surface area contributed by atoms with Gasteiger partial charge in [-0.2, -0.15) is 13.2 Å². The van der Waals surface area contributed by atoms with Crippen molar-refractivity contribution in [3.8, 4) is 0 Å². The predicted octanol–water partition coefficient (Wildman–Crippen LogP) is 8.12. The van der Waals surface area contributed by atoms with Gasteiger partial charge in [0.05, 0.1) is 5.56 Å². The zero-order chi connectivity index (χ0) is 29.1. The van der Waals surface area contributed by atoms with Gasteiger partial charge in [-0.3, -0.25) is 4.79 Å². The van der Waals surface area contributed by atoms with Crippen LogP contribution in [0.3, 0.4) is 0 Å². The van der Waals surface area contributed by atoms with Gasteiger partial charge in [0.2, 0.25) is 0 Å². The third-order valence-electron chi connectivity index (χ3n) is 9.94. The van der Waals surface area contributed by atoms with Gasteiger partial charge >= 0.3 is 6.18 Å². The first-order valence-corrected chi connectivity index (χ1v) is 14.8. The summed E-state index contributed by atoms with van der Waals surface area (Å²) >= 11 is 0. The molecular weight excluding hydrogens is 518 g/mol. The second-order valence-corrected chi connectivity index (χ2v) is 12.1. The molecule has 1 saturated carbocycles. The number of aliphatic hydroxyl groups is 1. The predicted molar refractivity (Wildman–Crippen MR) is 150 cm³/mol. The monoisotopic (exact) mass is 561 g/mol. The normalized spacial score (nSPS) is 26.7. The molecule has 2 aromatic carbocycles. The molecule has 4 rings (SSSR count). The highest BCUT2D eigenvalue weighted by atomic mass is 19.4. The van der Waals surface area contributed by atoms with Gasteiger partial charge in [0, 0.05) is 6.04 Å². The molecule has 1 aliphatic heterocycles. The number of rotatable bonds is 8. The average Bonchev–Trinajstić information content (AvgIpc) is 3.11. The summed E-state index contributed by atoms with van der Waals surface area (Å²) in [5.41, 5.74) is -0.244. The number of nitrogens with zero attached hydrogens (tertiary/aromatic N) is 1. The SMILES string of the molecule is CCC(CC1CCC(N2CCC(c3ccc(F)cc3)CC2)CCC1(O)C(C)=O)C(C)c1cccc(C(F)(F)F)c1. The highest BCUT2D eigenvalue weighted by Crippen LogP contribution is 2.43. The molecule has 5 atom stereocenters. The zero-order valence-corrected chi connectivity index (χ0v) is 23.9. The van der Waals surface area contributed by atoms with Gasteiger partial charge in [-0.1, -0.05) is 50.6 Å². The second kappa shape index (κ2) is 12.7. The highest BCUT2D eigenvalue weighted by molar-refractivity contribution is 5.85. The van der Waals surface area contributed by atoms with Crippen LogP contribution in [-0.4, -0.2) is 40.5 Å². The fraction of sp³-hybridized carbons (Fsp3) is 0.606. The highest BCUT2D eigenvalue weighted by Gasteiger charge is 2.45. The van der Waals surface area contributed by atoms with Crippen molar-refractivity contribution < 1.29 is 27.5 Å². The summed E-state index contributed by atoms with van der Waals surface area (Å²) in [6.45, 7) is 7.33. The van der Waals surface area contributed by atoms with Crippen molar-refractivity contribution in [1.82, 2.24) is 4.90 Å². The van der Waals surface area contributed by atoms with Gasteiger partial charge in [-0.25, -0.2) is 4.39 Å². The average molecular weight is 562 g/mol. The number of hydrogen-bond acceptors (Lipinski definition) is 3. The van der Waals surface area contributed by atoms with Crippen molar-refractivity contribution in [2.45, 2.75) is 102 Å². The van der Waals surface area contributed by atoms with Crippen LogP contribution in [0.5, 0.6) is 0 Å². The van der Waals surface area contributed by atoms with Crippen molar-refractivity contribution in [1.29, 1.82) is 0 Å². The van der Waals surface area contributed by atoms with Crippen LogP contribution in [0.25, 0.3) is 0 Å². The standard InChI is InChI=1S/C33H43F4NO2/c1-4-24(22(2)27-6-5-7-29(21-27)33(35,36)37)20-28-10-13-31(14-17-32(28,40)23(3)39)38-18-15-26(16-19-38)25-8-11-30(34)12-9-25/h5-9,11-12,21-22,24,26,28,31,40H,4,10,13-20H2,1-3H3. The van der Waals surface area contributed by atoms with Gasteiger partial charge in [-0.15, -0.1) is 0 Å². The molecule has 0 aromatic heterocycles. The topological polar surface area (TPSA) is 40.5 Å². The number of Topliss-reactive ketones (excluding diaryl/α,β-unsaturated/α-hetero) is 1. The molecule has 5 unspecified atom stereocenters. The molecule has 3 nitrogen and oxygen atoms in total. The summed E-state index contributed by atoms with van der Waals surface area (Å²) < 4.78 is 53.4. The third-order valence-corrected chi connectivity index (χ3v) is 9.94. The maximum absolute atomic E-state index is 13.3. The summed E-state index contributed by atoms with van der Waals surface area (Å²) in [5, 5.41) is 11.7. The van der Waals surface area contributed by atoms with E-state index in [9.17, 15) is 27.5 Å². The fourth-order valence-corrected chi connectivity index (χ4v) is 7.20. The number of benzene rings is 2. The smallest absolute Gasteiger partial charge is 0.382 e. The Morgan fingerprint density at radius 3 is 2.33 bits per heavy atom. The summed E-state index contributed by atoms with van der Waals surface area (Å²) in [5.74, 6) is -0.344. The molecule has 7 heteroatoms. The third kappa shape index (κ3) is 6.96. The lowest BCUT2D eigenvalue weighted by molar-refractivity contribution is -0.143. The minimum atomic E-state index is -4.39. The number of hydrogen-bond donors (Lipinski definition) is 1. The maximum atomic E-state index is 13.3. The number of carbonyl (C=O) groups is 1. The van der Waals surface area contributed by atoms with Gasteiger partial charge in [0.1, 0.15) is 11.4 Å². The molecule has 2 fully saturated rings. The molecular formula is C33H43F4NO2. The van der Waals surface area contributed by atoms with Crippen molar-refractivity contribution in [3.05, 3.63) is 71.0 Å². The first-order chi connectivity index (χ1) is 18.9. The van der Waals surface area contributed by atoms with Crippen LogP contribution < -0.4 is 0 Å². The van der Waals surface area contributed by atoms with E-state index in [2.05, 4.69) is 4.90 Å². The second-order valence-electron chi connectivity index (χ2n) is 12.1. The Morgan fingerprint density at radius 1 is 1.05 bits per heavy atom. The molecule has 0 spiro atoms. The zero-order valence-electron chi connectivity index (χ0n) is 23.9. The van der Waals surface area contributed by atoms with E-state index in [0.29, 0.717) is 30.7 Å².